The number of nitrogens with one attached hydrogen (secondary N) is 1. The second kappa shape index (κ2) is 10.2. The van der Waals surface area contributed by atoms with Gasteiger partial charge in [0.15, 0.2) is 5.13 Å². The third-order valence-corrected chi connectivity index (χ3v) is 7.06. The summed E-state index contributed by atoms with van der Waals surface area (Å²) < 4.78 is 0. The quantitative estimate of drug-likeness (QED) is 0.338. The number of carbonyl (C=O) groups excluding carboxylic acids is 2. The van der Waals surface area contributed by atoms with Gasteiger partial charge >= 0.3 is 0 Å². The molecule has 0 bridgehead atoms. The van der Waals surface area contributed by atoms with E-state index in [1.54, 1.807) is 0 Å². The summed E-state index contributed by atoms with van der Waals surface area (Å²) in [6.45, 7) is 2.76. The van der Waals surface area contributed by atoms with Crippen molar-refractivity contribution in [2.24, 2.45) is 0 Å². The number of thiazole rings is 1. The first kappa shape index (κ1) is 23.0. The van der Waals surface area contributed by atoms with Gasteiger partial charge in [-0.15, -0.1) is 11.3 Å². The lowest BCUT2D eigenvalue weighted by molar-refractivity contribution is -0.118. The molecule has 0 saturated carbocycles. The number of benzene rings is 3. The van der Waals surface area contributed by atoms with E-state index in [0.717, 1.165) is 47.5 Å². The predicted molar refractivity (Wildman–Crippen MR) is 142 cm³/mol. The molecule has 1 N–H and O–H groups in total. The van der Waals surface area contributed by atoms with Gasteiger partial charge in [-0.2, -0.15) is 0 Å². The zero-order valence-electron chi connectivity index (χ0n) is 19.6. The Morgan fingerprint density at radius 3 is 2.34 bits per heavy atom. The van der Waals surface area contributed by atoms with Crippen LogP contribution in [0.4, 0.5) is 10.8 Å². The van der Waals surface area contributed by atoms with Gasteiger partial charge < -0.3 is 10.2 Å². The highest BCUT2D eigenvalue weighted by molar-refractivity contribution is 7.14. The third kappa shape index (κ3) is 4.88. The molecule has 6 heteroatoms. The van der Waals surface area contributed by atoms with Crippen molar-refractivity contribution in [1.29, 1.82) is 0 Å². The van der Waals surface area contributed by atoms with Crippen LogP contribution in [0.25, 0.3) is 11.3 Å². The van der Waals surface area contributed by atoms with Crippen LogP contribution in [0.2, 0.25) is 0 Å². The van der Waals surface area contributed by atoms with E-state index in [1.807, 2.05) is 90.0 Å². The zero-order valence-corrected chi connectivity index (χ0v) is 20.4. The highest BCUT2D eigenvalue weighted by atomic mass is 32.1. The molecular weight excluding hydrogens is 454 g/mol. The SMILES string of the molecule is CCCC(=O)N1CCc2cc(-c3csc(NC(=O)C(c4ccccc4)c4ccccc4)n3)ccc21. The van der Waals surface area contributed by atoms with Crippen molar-refractivity contribution >= 4 is 34.0 Å². The number of rotatable bonds is 7. The molecule has 1 aliphatic heterocycles. The number of anilines is 2. The molecule has 176 valence electrons. The number of carbonyl (C=O) groups is 2. The van der Waals surface area contributed by atoms with E-state index in [2.05, 4.69) is 11.4 Å². The monoisotopic (exact) mass is 481 g/mol. The smallest absolute Gasteiger partial charge is 0.238 e. The second-order valence-electron chi connectivity index (χ2n) is 8.67. The zero-order chi connectivity index (χ0) is 24.2. The van der Waals surface area contributed by atoms with Crippen LogP contribution in [0.1, 0.15) is 42.4 Å². The Morgan fingerprint density at radius 1 is 1.00 bits per heavy atom. The number of amides is 2. The van der Waals surface area contributed by atoms with Gasteiger partial charge in [-0.05, 0) is 41.7 Å². The molecule has 3 aromatic carbocycles. The summed E-state index contributed by atoms with van der Waals surface area (Å²) in [5.41, 5.74) is 5.86. The van der Waals surface area contributed by atoms with Gasteiger partial charge in [0.25, 0.3) is 0 Å². The van der Waals surface area contributed by atoms with Gasteiger partial charge in [-0.25, -0.2) is 4.98 Å². The summed E-state index contributed by atoms with van der Waals surface area (Å²) in [4.78, 5) is 32.4. The van der Waals surface area contributed by atoms with Crippen molar-refractivity contribution in [2.45, 2.75) is 32.1 Å². The molecule has 0 atom stereocenters. The van der Waals surface area contributed by atoms with Gasteiger partial charge in [0.05, 0.1) is 11.6 Å². The maximum absolute atomic E-state index is 13.4. The standard InChI is InChI=1S/C29H27N3O2S/c1-2-9-26(33)32-17-16-23-18-22(14-15-25(23)32)24-19-35-29(30-24)31-28(34)27(20-10-5-3-6-11-20)21-12-7-4-8-13-21/h3-8,10-15,18-19,27H,2,9,16-17H2,1H3,(H,30,31,34). The fourth-order valence-electron chi connectivity index (χ4n) is 4.60. The molecule has 0 aliphatic carbocycles. The number of fused-ring (bicyclic) bond motifs is 1. The predicted octanol–water partition coefficient (Wildman–Crippen LogP) is 6.27. The lowest BCUT2D eigenvalue weighted by Crippen LogP contribution is -2.28. The molecule has 0 saturated heterocycles. The molecule has 2 amide bonds. The number of hydrogen-bond donors (Lipinski definition) is 1. The van der Waals surface area contributed by atoms with Crippen molar-refractivity contribution in [3.8, 4) is 11.3 Å². The Morgan fingerprint density at radius 2 is 1.69 bits per heavy atom. The van der Waals surface area contributed by atoms with E-state index in [1.165, 1.54) is 16.9 Å². The summed E-state index contributed by atoms with van der Waals surface area (Å²) in [6.07, 6.45) is 2.27. The van der Waals surface area contributed by atoms with E-state index in [9.17, 15) is 9.59 Å². The molecule has 4 aromatic rings. The largest absolute Gasteiger partial charge is 0.312 e. The van der Waals surface area contributed by atoms with Crippen molar-refractivity contribution < 1.29 is 9.59 Å². The van der Waals surface area contributed by atoms with Crippen molar-refractivity contribution in [3.63, 3.8) is 0 Å². The molecule has 0 radical (unpaired) electrons. The summed E-state index contributed by atoms with van der Waals surface area (Å²) in [7, 11) is 0. The Balaban J connectivity index is 1.35. The second-order valence-corrected chi connectivity index (χ2v) is 9.53. The first-order chi connectivity index (χ1) is 17.1. The minimum Gasteiger partial charge on any atom is -0.312 e. The molecule has 5 rings (SSSR count). The van der Waals surface area contributed by atoms with E-state index in [4.69, 9.17) is 4.98 Å². The fourth-order valence-corrected chi connectivity index (χ4v) is 5.32. The molecule has 1 aliphatic rings. The normalized spacial score (nSPS) is 12.6. The van der Waals surface area contributed by atoms with E-state index in [-0.39, 0.29) is 11.8 Å². The van der Waals surface area contributed by atoms with Gasteiger partial charge in [-0.1, -0.05) is 73.7 Å². The molecule has 2 heterocycles. The number of nitrogens with zero attached hydrogens (tertiary/aromatic N) is 2. The third-order valence-electron chi connectivity index (χ3n) is 6.30. The van der Waals surface area contributed by atoms with Crippen molar-refractivity contribution in [1.82, 2.24) is 4.98 Å². The van der Waals surface area contributed by atoms with Gasteiger partial charge in [0.2, 0.25) is 11.8 Å². The molecule has 0 unspecified atom stereocenters. The minimum atomic E-state index is -0.420. The highest BCUT2D eigenvalue weighted by Gasteiger charge is 2.25. The highest BCUT2D eigenvalue weighted by Crippen LogP contribution is 2.34. The van der Waals surface area contributed by atoms with Crippen LogP contribution in [-0.2, 0) is 16.0 Å². The minimum absolute atomic E-state index is 0.109. The Labute approximate surface area is 209 Å². The van der Waals surface area contributed by atoms with Crippen molar-refractivity contribution in [3.05, 3.63) is 101 Å². The molecule has 5 nitrogen and oxygen atoms in total. The lowest BCUT2D eigenvalue weighted by atomic mass is 9.90. The first-order valence-corrected chi connectivity index (χ1v) is 12.8. The Kier molecular flexibility index (Phi) is 6.73. The molecule has 0 spiro atoms. The van der Waals surface area contributed by atoms with E-state index < -0.39 is 5.92 Å². The van der Waals surface area contributed by atoms with Crippen LogP contribution in [0.3, 0.4) is 0 Å². The van der Waals surface area contributed by atoms with Crippen LogP contribution < -0.4 is 10.2 Å². The summed E-state index contributed by atoms with van der Waals surface area (Å²) >= 11 is 1.42. The van der Waals surface area contributed by atoms with E-state index in [0.29, 0.717) is 11.6 Å². The van der Waals surface area contributed by atoms with Gasteiger partial charge in [-0.3, -0.25) is 9.59 Å². The van der Waals surface area contributed by atoms with Crippen LogP contribution in [0.5, 0.6) is 0 Å². The molecular formula is C29H27N3O2S. The fraction of sp³-hybridized carbons (Fsp3) is 0.207. The Bertz CT molecular complexity index is 1300. The van der Waals surface area contributed by atoms with Crippen LogP contribution in [-0.4, -0.2) is 23.3 Å². The number of hydrogen-bond acceptors (Lipinski definition) is 4. The van der Waals surface area contributed by atoms with Crippen LogP contribution >= 0.6 is 11.3 Å². The lowest BCUT2D eigenvalue weighted by Gasteiger charge is -2.17. The summed E-state index contributed by atoms with van der Waals surface area (Å²) in [5.74, 6) is -0.345. The van der Waals surface area contributed by atoms with E-state index >= 15 is 0 Å². The first-order valence-electron chi connectivity index (χ1n) is 11.9. The average Bonchev–Trinajstić information content (AvgIpc) is 3.52. The van der Waals surface area contributed by atoms with Gasteiger partial charge in [0, 0.05) is 29.6 Å². The van der Waals surface area contributed by atoms with Crippen LogP contribution in [0, 0.1) is 0 Å². The van der Waals surface area contributed by atoms with Crippen molar-refractivity contribution in [2.75, 3.05) is 16.8 Å². The maximum atomic E-state index is 13.4. The summed E-state index contributed by atoms with van der Waals surface area (Å²) in [6, 6.07) is 25.7. The molecule has 0 fully saturated rings. The number of aromatic nitrogens is 1. The van der Waals surface area contributed by atoms with Crippen LogP contribution in [0.15, 0.2) is 84.2 Å². The maximum Gasteiger partial charge on any atom is 0.238 e. The Hall–Kier alpha value is -3.77. The summed E-state index contributed by atoms with van der Waals surface area (Å²) in [5, 5.41) is 5.57. The average molecular weight is 482 g/mol. The topological polar surface area (TPSA) is 62.3 Å². The van der Waals surface area contributed by atoms with Gasteiger partial charge in [0.1, 0.15) is 0 Å². The molecule has 35 heavy (non-hydrogen) atoms. The molecule has 1 aromatic heterocycles.